The van der Waals surface area contributed by atoms with Crippen molar-refractivity contribution in [1.82, 2.24) is 4.98 Å². The predicted molar refractivity (Wildman–Crippen MR) is 89.4 cm³/mol. The number of ether oxygens (including phenoxy) is 1. The van der Waals surface area contributed by atoms with Crippen molar-refractivity contribution in [2.45, 2.75) is 32.6 Å². The smallest absolute Gasteiger partial charge is 0.261 e. The van der Waals surface area contributed by atoms with E-state index < -0.39 is 5.91 Å². The van der Waals surface area contributed by atoms with Gasteiger partial charge in [-0.25, -0.2) is 0 Å². The van der Waals surface area contributed by atoms with E-state index in [1.807, 2.05) is 19.1 Å². The Kier molecular flexibility index (Phi) is 4.19. The first-order valence-electron chi connectivity index (χ1n) is 7.79. The van der Waals surface area contributed by atoms with Crippen molar-refractivity contribution < 1.29 is 9.53 Å². The number of hydrogen-bond donors (Lipinski definition) is 2. The molecule has 5 nitrogen and oxygen atoms in total. The van der Waals surface area contributed by atoms with E-state index in [1.54, 1.807) is 19.2 Å². The Morgan fingerprint density at radius 3 is 2.78 bits per heavy atom. The molecule has 1 aromatic carbocycles. The molecule has 0 spiro atoms. The zero-order valence-electron chi connectivity index (χ0n) is 13.4. The van der Waals surface area contributed by atoms with E-state index in [9.17, 15) is 9.59 Å². The summed E-state index contributed by atoms with van der Waals surface area (Å²) in [6.45, 7) is 1.93. The third-order valence-electron chi connectivity index (χ3n) is 4.19. The molecule has 0 aliphatic heterocycles. The molecular formula is C18H20N2O3. The fourth-order valence-corrected chi connectivity index (χ4v) is 2.95. The largest absolute Gasteiger partial charge is 0.495 e. The average Bonchev–Trinajstić information content (AvgIpc) is 2.54. The molecule has 1 aromatic heterocycles. The number of aromatic amines is 1. The van der Waals surface area contributed by atoms with Crippen LogP contribution in [0.15, 0.2) is 29.1 Å². The fourth-order valence-electron chi connectivity index (χ4n) is 2.95. The number of carbonyl (C=O) groups excluding carboxylic acids is 1. The van der Waals surface area contributed by atoms with Crippen molar-refractivity contribution in [3.63, 3.8) is 0 Å². The summed E-state index contributed by atoms with van der Waals surface area (Å²) in [5.41, 5.74) is 3.40. The fraction of sp³-hybridized carbons (Fsp3) is 0.333. The van der Waals surface area contributed by atoms with Crippen molar-refractivity contribution in [3.8, 4) is 5.75 Å². The molecule has 3 rings (SSSR count). The number of H-pyrrole nitrogens is 1. The summed E-state index contributed by atoms with van der Waals surface area (Å²) in [5.74, 6) is 0.155. The molecule has 1 amide bonds. The van der Waals surface area contributed by atoms with Gasteiger partial charge in [-0.15, -0.1) is 0 Å². The Hall–Kier alpha value is -2.56. The second kappa shape index (κ2) is 6.28. The first-order chi connectivity index (χ1) is 11.1. The molecule has 0 saturated heterocycles. The molecule has 1 aliphatic carbocycles. The van der Waals surface area contributed by atoms with Gasteiger partial charge in [0, 0.05) is 5.69 Å². The van der Waals surface area contributed by atoms with Gasteiger partial charge in [0.2, 0.25) is 0 Å². The van der Waals surface area contributed by atoms with Gasteiger partial charge in [0.25, 0.3) is 11.5 Å². The van der Waals surface area contributed by atoms with Crippen LogP contribution < -0.4 is 15.6 Å². The number of aromatic nitrogens is 1. The highest BCUT2D eigenvalue weighted by molar-refractivity contribution is 6.05. The minimum absolute atomic E-state index is 0.147. The lowest BCUT2D eigenvalue weighted by atomic mass is 9.95. The van der Waals surface area contributed by atoms with Crippen LogP contribution in [0.3, 0.4) is 0 Å². The number of hydrogen-bond acceptors (Lipinski definition) is 3. The molecule has 0 bridgehead atoms. The summed E-state index contributed by atoms with van der Waals surface area (Å²) in [5, 5.41) is 2.78. The molecule has 5 heteroatoms. The number of nitrogens with one attached hydrogen (secondary N) is 2. The van der Waals surface area contributed by atoms with Crippen molar-refractivity contribution in [2.75, 3.05) is 12.4 Å². The van der Waals surface area contributed by atoms with E-state index in [4.69, 9.17) is 4.74 Å². The number of rotatable bonds is 3. The first-order valence-corrected chi connectivity index (χ1v) is 7.79. The maximum Gasteiger partial charge on any atom is 0.261 e. The van der Waals surface area contributed by atoms with E-state index in [0.717, 1.165) is 42.5 Å². The van der Waals surface area contributed by atoms with Crippen LogP contribution in [-0.4, -0.2) is 18.0 Å². The molecule has 1 heterocycles. The highest BCUT2D eigenvalue weighted by atomic mass is 16.5. The van der Waals surface area contributed by atoms with Gasteiger partial charge in [-0.1, -0.05) is 6.07 Å². The Balaban J connectivity index is 1.92. The van der Waals surface area contributed by atoms with Crippen LogP contribution in [0.5, 0.6) is 5.75 Å². The molecule has 2 aromatic rings. The highest BCUT2D eigenvalue weighted by Gasteiger charge is 2.18. The Morgan fingerprint density at radius 2 is 2.00 bits per heavy atom. The number of aryl methyl sites for hydroxylation is 3. The summed E-state index contributed by atoms with van der Waals surface area (Å²) < 4.78 is 5.26. The van der Waals surface area contributed by atoms with E-state index >= 15 is 0 Å². The van der Waals surface area contributed by atoms with Crippen LogP contribution in [0.25, 0.3) is 0 Å². The van der Waals surface area contributed by atoms with Crippen LogP contribution >= 0.6 is 0 Å². The Bertz CT molecular complexity index is 808. The normalized spacial score (nSPS) is 13.3. The number of amides is 1. The average molecular weight is 312 g/mol. The molecule has 1 aliphatic rings. The molecule has 23 heavy (non-hydrogen) atoms. The van der Waals surface area contributed by atoms with E-state index in [-0.39, 0.29) is 11.1 Å². The summed E-state index contributed by atoms with van der Waals surface area (Å²) >= 11 is 0. The molecule has 0 fully saturated rings. The summed E-state index contributed by atoms with van der Waals surface area (Å²) in [4.78, 5) is 27.6. The zero-order valence-corrected chi connectivity index (χ0v) is 13.4. The third kappa shape index (κ3) is 3.13. The molecule has 120 valence electrons. The zero-order chi connectivity index (χ0) is 16.4. The van der Waals surface area contributed by atoms with Crippen molar-refractivity contribution in [2.24, 2.45) is 0 Å². The van der Waals surface area contributed by atoms with Gasteiger partial charge in [0.15, 0.2) is 0 Å². The minimum atomic E-state index is -0.413. The lowest BCUT2D eigenvalue weighted by molar-refractivity contribution is 0.102. The molecule has 0 unspecified atom stereocenters. The molecule has 0 saturated carbocycles. The summed E-state index contributed by atoms with van der Waals surface area (Å²) in [6.07, 6.45) is 3.94. The van der Waals surface area contributed by atoms with Gasteiger partial charge in [-0.2, -0.15) is 0 Å². The van der Waals surface area contributed by atoms with E-state index in [2.05, 4.69) is 10.3 Å². The number of carbonyl (C=O) groups is 1. The summed E-state index contributed by atoms with van der Waals surface area (Å²) in [6, 6.07) is 7.25. The van der Waals surface area contributed by atoms with Gasteiger partial charge in [0.05, 0.1) is 12.8 Å². The van der Waals surface area contributed by atoms with Crippen LogP contribution in [-0.2, 0) is 12.8 Å². The number of anilines is 1. The third-order valence-corrected chi connectivity index (χ3v) is 4.19. The van der Waals surface area contributed by atoms with Gasteiger partial charge in [-0.05, 0) is 61.9 Å². The van der Waals surface area contributed by atoms with Crippen LogP contribution in [0, 0.1) is 6.92 Å². The number of methoxy groups -OCH3 is 1. The quantitative estimate of drug-likeness (QED) is 0.915. The van der Waals surface area contributed by atoms with Gasteiger partial charge >= 0.3 is 0 Å². The number of pyridine rings is 1. The van der Waals surface area contributed by atoms with Crippen LogP contribution in [0.4, 0.5) is 5.69 Å². The van der Waals surface area contributed by atoms with Crippen LogP contribution in [0.2, 0.25) is 0 Å². The SMILES string of the molecule is COc1ccc(C)cc1NC(=O)c1cc2c([nH]c1=O)CCCC2. The molecule has 0 atom stereocenters. The lowest BCUT2D eigenvalue weighted by Gasteiger charge is -2.16. The van der Waals surface area contributed by atoms with Gasteiger partial charge in [0.1, 0.15) is 11.3 Å². The second-order valence-corrected chi connectivity index (χ2v) is 5.88. The second-order valence-electron chi connectivity index (χ2n) is 5.88. The minimum Gasteiger partial charge on any atom is -0.495 e. The van der Waals surface area contributed by atoms with Crippen molar-refractivity contribution >= 4 is 11.6 Å². The summed E-state index contributed by atoms with van der Waals surface area (Å²) in [7, 11) is 1.55. The van der Waals surface area contributed by atoms with Crippen molar-refractivity contribution in [3.05, 3.63) is 57.0 Å². The highest BCUT2D eigenvalue weighted by Crippen LogP contribution is 2.26. The van der Waals surface area contributed by atoms with Crippen molar-refractivity contribution in [1.29, 1.82) is 0 Å². The number of benzene rings is 1. The maximum absolute atomic E-state index is 12.5. The van der Waals surface area contributed by atoms with Gasteiger partial charge < -0.3 is 15.0 Å². The van der Waals surface area contributed by atoms with Crippen LogP contribution in [0.1, 0.15) is 40.0 Å². The molecular weight excluding hydrogens is 292 g/mol. The van der Waals surface area contributed by atoms with E-state index in [0.29, 0.717) is 11.4 Å². The van der Waals surface area contributed by atoms with E-state index in [1.165, 1.54) is 0 Å². The lowest BCUT2D eigenvalue weighted by Crippen LogP contribution is -2.26. The standard InChI is InChI=1S/C18H20N2O3/c1-11-7-8-16(23-2)15(9-11)20-18(22)13-10-12-5-3-4-6-14(12)19-17(13)21/h7-10H,3-6H2,1-2H3,(H,19,21)(H,20,22). The van der Waals surface area contributed by atoms with Gasteiger partial charge in [-0.3, -0.25) is 9.59 Å². The Morgan fingerprint density at radius 1 is 1.22 bits per heavy atom. The predicted octanol–water partition coefficient (Wildman–Crippen LogP) is 2.82. The first kappa shape index (κ1) is 15.3. The topological polar surface area (TPSA) is 71.2 Å². The molecule has 0 radical (unpaired) electrons. The molecule has 2 N–H and O–H groups in total. The monoisotopic (exact) mass is 312 g/mol. The number of fused-ring (bicyclic) bond motifs is 1. The maximum atomic E-state index is 12.5. The Labute approximate surface area is 134 Å².